The SMILES string of the molecule is CC(N)(C(=O)N1CCC(c2nc3ccccc3s2)CC1)c1ccccc1. The van der Waals surface area contributed by atoms with Crippen LogP contribution >= 0.6 is 11.3 Å². The minimum atomic E-state index is -0.982. The average molecular weight is 366 g/mol. The number of carbonyl (C=O) groups is 1. The largest absolute Gasteiger partial charge is 0.341 e. The molecule has 134 valence electrons. The molecule has 5 heteroatoms. The fraction of sp³-hybridized carbons (Fsp3) is 0.333. The van der Waals surface area contributed by atoms with Crippen LogP contribution in [0, 0.1) is 0 Å². The van der Waals surface area contributed by atoms with Crippen molar-refractivity contribution in [3.8, 4) is 0 Å². The lowest BCUT2D eigenvalue weighted by atomic mass is 9.89. The average Bonchev–Trinajstić information content (AvgIpc) is 3.12. The van der Waals surface area contributed by atoms with Gasteiger partial charge in [-0.15, -0.1) is 11.3 Å². The van der Waals surface area contributed by atoms with Crippen molar-refractivity contribution >= 4 is 27.5 Å². The van der Waals surface area contributed by atoms with Gasteiger partial charge in [0, 0.05) is 19.0 Å². The molecule has 1 aromatic heterocycles. The van der Waals surface area contributed by atoms with Gasteiger partial charge < -0.3 is 10.6 Å². The van der Waals surface area contributed by atoms with E-state index in [1.165, 1.54) is 9.71 Å². The lowest BCUT2D eigenvalue weighted by Crippen LogP contribution is -2.52. The van der Waals surface area contributed by atoms with Gasteiger partial charge in [-0.25, -0.2) is 4.98 Å². The maximum absolute atomic E-state index is 13.0. The number of hydrogen-bond donors (Lipinski definition) is 1. The van der Waals surface area contributed by atoms with Crippen LogP contribution in [0.1, 0.15) is 36.3 Å². The van der Waals surface area contributed by atoms with E-state index in [9.17, 15) is 4.79 Å². The highest BCUT2D eigenvalue weighted by Gasteiger charge is 2.36. The number of amides is 1. The Morgan fingerprint density at radius 1 is 1.12 bits per heavy atom. The number of nitrogens with two attached hydrogens (primary N) is 1. The van der Waals surface area contributed by atoms with Crippen molar-refractivity contribution < 1.29 is 4.79 Å². The Morgan fingerprint density at radius 2 is 1.77 bits per heavy atom. The molecular weight excluding hydrogens is 342 g/mol. The number of thiazole rings is 1. The summed E-state index contributed by atoms with van der Waals surface area (Å²) in [4.78, 5) is 19.7. The molecule has 4 nitrogen and oxygen atoms in total. The molecule has 0 saturated carbocycles. The van der Waals surface area contributed by atoms with Crippen LogP contribution in [-0.4, -0.2) is 28.9 Å². The van der Waals surface area contributed by atoms with E-state index in [0.29, 0.717) is 5.92 Å². The molecule has 2 aromatic carbocycles. The van der Waals surface area contributed by atoms with Gasteiger partial charge >= 0.3 is 0 Å². The van der Waals surface area contributed by atoms with Gasteiger partial charge in [0.05, 0.1) is 15.2 Å². The molecule has 2 heterocycles. The standard InChI is InChI=1S/C21H23N3OS/c1-21(22,16-7-3-2-4-8-16)20(25)24-13-11-15(12-14-24)19-23-17-9-5-6-10-18(17)26-19/h2-10,15H,11-14,22H2,1H3. The van der Waals surface area contributed by atoms with Crippen molar-refractivity contribution in [3.05, 3.63) is 65.2 Å². The number of aromatic nitrogens is 1. The van der Waals surface area contributed by atoms with Crippen LogP contribution in [0.25, 0.3) is 10.2 Å². The number of likely N-dealkylation sites (tertiary alicyclic amines) is 1. The summed E-state index contributed by atoms with van der Waals surface area (Å²) >= 11 is 1.78. The zero-order valence-corrected chi connectivity index (χ0v) is 15.7. The van der Waals surface area contributed by atoms with Crippen molar-refractivity contribution in [2.24, 2.45) is 5.73 Å². The summed E-state index contributed by atoms with van der Waals surface area (Å²) in [5.41, 5.74) is 7.36. The van der Waals surface area contributed by atoms with Crippen molar-refractivity contribution in [1.82, 2.24) is 9.88 Å². The minimum Gasteiger partial charge on any atom is -0.341 e. The summed E-state index contributed by atoms with van der Waals surface area (Å²) in [6, 6.07) is 17.9. The molecule has 0 bridgehead atoms. The minimum absolute atomic E-state index is 0.00597. The molecule has 1 aliphatic rings. The van der Waals surface area contributed by atoms with E-state index in [2.05, 4.69) is 18.2 Å². The molecular formula is C21H23N3OS. The lowest BCUT2D eigenvalue weighted by molar-refractivity contribution is -0.137. The van der Waals surface area contributed by atoms with Crippen molar-refractivity contribution in [1.29, 1.82) is 0 Å². The number of hydrogen-bond acceptors (Lipinski definition) is 4. The van der Waals surface area contributed by atoms with E-state index in [1.54, 1.807) is 11.3 Å². The van der Waals surface area contributed by atoms with E-state index in [4.69, 9.17) is 10.7 Å². The summed E-state index contributed by atoms with van der Waals surface area (Å²) in [5.74, 6) is 0.434. The van der Waals surface area contributed by atoms with Gasteiger partial charge in [-0.2, -0.15) is 0 Å². The zero-order chi connectivity index (χ0) is 18.1. The van der Waals surface area contributed by atoms with Crippen LogP contribution in [0.15, 0.2) is 54.6 Å². The molecule has 4 rings (SSSR count). The Balaban J connectivity index is 1.45. The lowest BCUT2D eigenvalue weighted by Gasteiger charge is -2.36. The quantitative estimate of drug-likeness (QED) is 0.766. The predicted molar refractivity (Wildman–Crippen MR) is 106 cm³/mol. The number of para-hydroxylation sites is 1. The number of piperidine rings is 1. The maximum atomic E-state index is 13.0. The highest BCUT2D eigenvalue weighted by atomic mass is 32.1. The van der Waals surface area contributed by atoms with Gasteiger partial charge in [0.2, 0.25) is 5.91 Å². The van der Waals surface area contributed by atoms with Gasteiger partial charge in [0.1, 0.15) is 5.54 Å². The van der Waals surface area contributed by atoms with E-state index >= 15 is 0 Å². The van der Waals surface area contributed by atoms with Gasteiger partial charge in [0.15, 0.2) is 0 Å². The predicted octanol–water partition coefficient (Wildman–Crippen LogP) is 3.88. The maximum Gasteiger partial charge on any atom is 0.246 e. The molecule has 26 heavy (non-hydrogen) atoms. The van der Waals surface area contributed by atoms with Crippen LogP contribution in [0.4, 0.5) is 0 Å². The summed E-state index contributed by atoms with van der Waals surface area (Å²) in [6.45, 7) is 3.28. The highest BCUT2D eigenvalue weighted by Crippen LogP contribution is 2.34. The summed E-state index contributed by atoms with van der Waals surface area (Å²) < 4.78 is 1.24. The topological polar surface area (TPSA) is 59.2 Å². The van der Waals surface area contributed by atoms with Gasteiger partial charge in [-0.3, -0.25) is 4.79 Å². The molecule has 0 aliphatic carbocycles. The first-order valence-electron chi connectivity index (χ1n) is 9.05. The van der Waals surface area contributed by atoms with Gasteiger partial charge in [-0.1, -0.05) is 42.5 Å². The Kier molecular flexibility index (Phi) is 4.51. The Morgan fingerprint density at radius 3 is 2.46 bits per heavy atom. The fourth-order valence-corrected chi connectivity index (χ4v) is 4.77. The normalized spacial score (nSPS) is 18.0. The molecule has 0 spiro atoms. The third-order valence-electron chi connectivity index (χ3n) is 5.26. The molecule has 1 amide bonds. The summed E-state index contributed by atoms with van der Waals surface area (Å²) in [7, 11) is 0. The zero-order valence-electron chi connectivity index (χ0n) is 14.9. The second-order valence-corrected chi connectivity index (χ2v) is 8.22. The molecule has 1 fully saturated rings. The van der Waals surface area contributed by atoms with E-state index in [-0.39, 0.29) is 5.91 Å². The highest BCUT2D eigenvalue weighted by molar-refractivity contribution is 7.18. The number of fused-ring (bicyclic) bond motifs is 1. The third kappa shape index (κ3) is 3.13. The third-order valence-corrected chi connectivity index (χ3v) is 6.46. The summed E-state index contributed by atoms with van der Waals surface area (Å²) in [5, 5.41) is 1.19. The van der Waals surface area contributed by atoms with Crippen LogP contribution in [-0.2, 0) is 10.3 Å². The number of carbonyl (C=O) groups excluding carboxylic acids is 1. The monoisotopic (exact) mass is 365 g/mol. The Hall–Kier alpha value is -2.24. The van der Waals surface area contributed by atoms with Crippen LogP contribution in [0.5, 0.6) is 0 Å². The van der Waals surface area contributed by atoms with Crippen molar-refractivity contribution in [2.45, 2.75) is 31.2 Å². The first kappa shape index (κ1) is 17.2. The molecule has 1 unspecified atom stereocenters. The van der Waals surface area contributed by atoms with Crippen LogP contribution in [0.3, 0.4) is 0 Å². The van der Waals surface area contributed by atoms with E-state index in [1.807, 2.05) is 48.2 Å². The number of benzene rings is 2. The second kappa shape index (κ2) is 6.82. The fourth-order valence-electron chi connectivity index (χ4n) is 3.63. The number of rotatable bonds is 3. The van der Waals surface area contributed by atoms with E-state index in [0.717, 1.165) is 37.0 Å². The van der Waals surface area contributed by atoms with Crippen molar-refractivity contribution in [3.63, 3.8) is 0 Å². The Bertz CT molecular complexity index is 878. The molecule has 1 atom stereocenters. The second-order valence-electron chi connectivity index (χ2n) is 7.15. The molecule has 3 aromatic rings. The smallest absolute Gasteiger partial charge is 0.246 e. The van der Waals surface area contributed by atoms with Gasteiger partial charge in [-0.05, 0) is 37.5 Å². The molecule has 2 N–H and O–H groups in total. The molecule has 0 radical (unpaired) electrons. The van der Waals surface area contributed by atoms with Crippen LogP contribution in [0.2, 0.25) is 0 Å². The van der Waals surface area contributed by atoms with Crippen molar-refractivity contribution in [2.75, 3.05) is 13.1 Å². The van der Waals surface area contributed by atoms with Crippen LogP contribution < -0.4 is 5.73 Å². The number of nitrogens with zero attached hydrogens (tertiary/aromatic N) is 2. The Labute approximate surface area is 157 Å². The summed E-state index contributed by atoms with van der Waals surface area (Å²) in [6.07, 6.45) is 1.88. The van der Waals surface area contributed by atoms with E-state index < -0.39 is 5.54 Å². The molecule has 1 saturated heterocycles. The first-order valence-corrected chi connectivity index (χ1v) is 9.86. The first-order chi connectivity index (χ1) is 12.6. The van der Waals surface area contributed by atoms with Gasteiger partial charge in [0.25, 0.3) is 0 Å². The molecule has 1 aliphatic heterocycles.